The molecule has 1 aromatic heterocycles. The van der Waals surface area contributed by atoms with Crippen LogP contribution in [0.3, 0.4) is 0 Å². The van der Waals surface area contributed by atoms with Crippen molar-refractivity contribution in [3.05, 3.63) is 22.4 Å². The maximum absolute atomic E-state index is 11.8. The minimum Gasteiger partial charge on any atom is -0.368 e. The van der Waals surface area contributed by atoms with E-state index in [0.717, 1.165) is 17.7 Å². The number of hydrogen-bond donors (Lipinski definition) is 2. The molecule has 1 rings (SSSR count). The zero-order valence-corrected chi connectivity index (χ0v) is 12.9. The molecular formula is C15H24N2O2S. The Balaban J connectivity index is 2.30. The van der Waals surface area contributed by atoms with Crippen LogP contribution in [0.1, 0.15) is 50.3 Å². The number of thiophene rings is 1. The number of rotatable bonds is 10. The molecule has 1 unspecified atom stereocenters. The Morgan fingerprint density at radius 1 is 1.30 bits per heavy atom. The summed E-state index contributed by atoms with van der Waals surface area (Å²) in [6.45, 7) is 2.16. The number of nitrogens with one attached hydrogen (secondary N) is 1. The molecule has 0 aromatic carbocycles. The summed E-state index contributed by atoms with van der Waals surface area (Å²) >= 11 is 1.54. The fourth-order valence-corrected chi connectivity index (χ4v) is 2.76. The normalized spacial score (nSPS) is 12.1. The van der Waals surface area contributed by atoms with Gasteiger partial charge in [0.05, 0.1) is 6.42 Å². The molecule has 2 amide bonds. The van der Waals surface area contributed by atoms with E-state index in [9.17, 15) is 9.59 Å². The van der Waals surface area contributed by atoms with Gasteiger partial charge in [0.15, 0.2) is 0 Å². The number of hydrogen-bond acceptors (Lipinski definition) is 3. The Bertz CT molecular complexity index is 404. The molecule has 20 heavy (non-hydrogen) atoms. The largest absolute Gasteiger partial charge is 0.368 e. The van der Waals surface area contributed by atoms with Gasteiger partial charge in [0.25, 0.3) is 0 Å². The van der Waals surface area contributed by atoms with E-state index in [1.165, 1.54) is 30.6 Å². The van der Waals surface area contributed by atoms with Gasteiger partial charge >= 0.3 is 0 Å². The Labute approximate surface area is 124 Å². The molecule has 3 N–H and O–H groups in total. The predicted octanol–water partition coefficient (Wildman–Crippen LogP) is 2.62. The Morgan fingerprint density at radius 2 is 2.05 bits per heavy atom. The molecule has 0 radical (unpaired) electrons. The maximum Gasteiger partial charge on any atom is 0.239 e. The Kier molecular flexibility index (Phi) is 7.95. The molecule has 0 saturated carbocycles. The van der Waals surface area contributed by atoms with Gasteiger partial charge in [-0.1, -0.05) is 45.1 Å². The second kappa shape index (κ2) is 9.53. The minimum absolute atomic E-state index is 0.134. The maximum atomic E-state index is 11.8. The van der Waals surface area contributed by atoms with Gasteiger partial charge in [-0.15, -0.1) is 11.3 Å². The highest BCUT2D eigenvalue weighted by Gasteiger charge is 2.17. The number of carbonyl (C=O) groups excluding carboxylic acids is 2. The Morgan fingerprint density at radius 3 is 2.65 bits per heavy atom. The van der Waals surface area contributed by atoms with Crippen molar-refractivity contribution in [2.75, 3.05) is 0 Å². The average molecular weight is 296 g/mol. The highest BCUT2D eigenvalue weighted by molar-refractivity contribution is 7.10. The summed E-state index contributed by atoms with van der Waals surface area (Å²) < 4.78 is 0. The van der Waals surface area contributed by atoms with Crippen LogP contribution >= 0.6 is 11.3 Å². The zero-order valence-electron chi connectivity index (χ0n) is 12.1. The first-order valence-corrected chi connectivity index (χ1v) is 8.12. The van der Waals surface area contributed by atoms with E-state index >= 15 is 0 Å². The van der Waals surface area contributed by atoms with Gasteiger partial charge in [-0.2, -0.15) is 0 Å². The minimum atomic E-state index is -0.538. The Hall–Kier alpha value is -1.36. The SMILES string of the molecule is CCCCCCCC(NC(=O)Cc1cccs1)C(N)=O. The van der Waals surface area contributed by atoms with Crippen LogP contribution in [0.4, 0.5) is 0 Å². The molecule has 1 aromatic rings. The van der Waals surface area contributed by atoms with Crippen molar-refractivity contribution >= 4 is 23.2 Å². The lowest BCUT2D eigenvalue weighted by atomic mass is 10.1. The number of unbranched alkanes of at least 4 members (excludes halogenated alkanes) is 4. The van der Waals surface area contributed by atoms with Crippen molar-refractivity contribution in [1.29, 1.82) is 0 Å². The summed E-state index contributed by atoms with van der Waals surface area (Å²) in [4.78, 5) is 24.2. The van der Waals surface area contributed by atoms with Crippen molar-refractivity contribution in [2.45, 2.75) is 57.9 Å². The van der Waals surface area contributed by atoms with Crippen LogP contribution in [0.2, 0.25) is 0 Å². The standard InChI is InChI=1S/C15H24N2O2S/c1-2-3-4-5-6-9-13(15(16)19)17-14(18)11-12-8-7-10-20-12/h7-8,10,13H,2-6,9,11H2,1H3,(H2,16,19)(H,17,18). The monoisotopic (exact) mass is 296 g/mol. The molecule has 5 heteroatoms. The predicted molar refractivity (Wildman–Crippen MR) is 82.5 cm³/mol. The van der Waals surface area contributed by atoms with Gasteiger partial charge in [0, 0.05) is 4.88 Å². The van der Waals surface area contributed by atoms with E-state index in [1.807, 2.05) is 17.5 Å². The third-order valence-electron chi connectivity index (χ3n) is 3.19. The summed E-state index contributed by atoms with van der Waals surface area (Å²) in [5.41, 5.74) is 5.35. The van der Waals surface area contributed by atoms with Crippen molar-refractivity contribution < 1.29 is 9.59 Å². The van der Waals surface area contributed by atoms with Gasteiger partial charge in [0.1, 0.15) is 6.04 Å². The van der Waals surface area contributed by atoms with Crippen LogP contribution in [-0.2, 0) is 16.0 Å². The molecule has 0 fully saturated rings. The quantitative estimate of drug-likeness (QED) is 0.651. The molecule has 0 aliphatic rings. The van der Waals surface area contributed by atoms with Crippen molar-refractivity contribution in [3.63, 3.8) is 0 Å². The molecule has 0 bridgehead atoms. The van der Waals surface area contributed by atoms with Crippen LogP contribution in [0.5, 0.6) is 0 Å². The van der Waals surface area contributed by atoms with Gasteiger partial charge in [-0.25, -0.2) is 0 Å². The summed E-state index contributed by atoms with van der Waals surface area (Å²) in [6, 6.07) is 3.28. The van der Waals surface area contributed by atoms with Crippen molar-refractivity contribution in [2.24, 2.45) is 5.73 Å². The molecule has 4 nitrogen and oxygen atoms in total. The lowest BCUT2D eigenvalue weighted by molar-refractivity contribution is -0.127. The first-order chi connectivity index (χ1) is 9.63. The van der Waals surface area contributed by atoms with Gasteiger partial charge in [-0.3, -0.25) is 9.59 Å². The fraction of sp³-hybridized carbons (Fsp3) is 0.600. The molecule has 0 aliphatic heterocycles. The zero-order chi connectivity index (χ0) is 14.8. The molecule has 112 valence electrons. The number of amides is 2. The van der Waals surface area contributed by atoms with E-state index in [1.54, 1.807) is 0 Å². The summed E-state index contributed by atoms with van der Waals surface area (Å²) in [5.74, 6) is -0.579. The van der Waals surface area contributed by atoms with Crippen molar-refractivity contribution in [1.82, 2.24) is 5.32 Å². The third-order valence-corrected chi connectivity index (χ3v) is 4.07. The first-order valence-electron chi connectivity index (χ1n) is 7.24. The summed E-state index contributed by atoms with van der Waals surface area (Å²) in [7, 11) is 0. The van der Waals surface area contributed by atoms with Crippen LogP contribution in [-0.4, -0.2) is 17.9 Å². The van der Waals surface area contributed by atoms with E-state index in [-0.39, 0.29) is 5.91 Å². The van der Waals surface area contributed by atoms with Crippen LogP contribution in [0, 0.1) is 0 Å². The second-order valence-corrected chi connectivity index (χ2v) is 6.01. The van der Waals surface area contributed by atoms with E-state index in [2.05, 4.69) is 12.2 Å². The van der Waals surface area contributed by atoms with Gasteiger partial charge < -0.3 is 11.1 Å². The van der Waals surface area contributed by atoms with E-state index < -0.39 is 11.9 Å². The van der Waals surface area contributed by atoms with E-state index in [0.29, 0.717) is 12.8 Å². The second-order valence-electron chi connectivity index (χ2n) is 4.98. The van der Waals surface area contributed by atoms with Crippen LogP contribution in [0.15, 0.2) is 17.5 Å². The number of nitrogens with two attached hydrogens (primary N) is 1. The van der Waals surface area contributed by atoms with E-state index in [4.69, 9.17) is 5.73 Å². The molecular weight excluding hydrogens is 272 g/mol. The third kappa shape index (κ3) is 6.70. The lowest BCUT2D eigenvalue weighted by Crippen LogP contribution is -2.44. The molecule has 1 heterocycles. The smallest absolute Gasteiger partial charge is 0.239 e. The van der Waals surface area contributed by atoms with Gasteiger partial charge in [0.2, 0.25) is 11.8 Å². The van der Waals surface area contributed by atoms with Crippen LogP contribution < -0.4 is 11.1 Å². The topological polar surface area (TPSA) is 72.2 Å². The highest BCUT2D eigenvalue weighted by Crippen LogP contribution is 2.10. The summed E-state index contributed by atoms with van der Waals surface area (Å²) in [5, 5.41) is 4.67. The number of carbonyl (C=O) groups is 2. The molecule has 0 saturated heterocycles. The van der Waals surface area contributed by atoms with Crippen LogP contribution in [0.25, 0.3) is 0 Å². The highest BCUT2D eigenvalue weighted by atomic mass is 32.1. The number of primary amides is 1. The molecule has 1 atom stereocenters. The first kappa shape index (κ1) is 16.7. The van der Waals surface area contributed by atoms with Crippen molar-refractivity contribution in [3.8, 4) is 0 Å². The average Bonchev–Trinajstić information content (AvgIpc) is 2.89. The lowest BCUT2D eigenvalue weighted by Gasteiger charge is -2.15. The summed E-state index contributed by atoms with van der Waals surface area (Å²) in [6.07, 6.45) is 6.53. The van der Waals surface area contributed by atoms with Gasteiger partial charge in [-0.05, 0) is 17.9 Å². The molecule has 0 spiro atoms. The molecule has 0 aliphatic carbocycles. The fourth-order valence-electron chi connectivity index (χ4n) is 2.05.